The second-order valence-electron chi connectivity index (χ2n) is 16.0. The van der Waals surface area contributed by atoms with E-state index in [1.54, 1.807) is 33.8 Å². The van der Waals surface area contributed by atoms with Gasteiger partial charge in [0.05, 0.1) is 53.1 Å². The van der Waals surface area contributed by atoms with E-state index in [9.17, 15) is 35.1 Å². The molecule has 0 amide bonds. The number of phenolic OH excluding ortho intramolecular Hbond substituents is 1. The fourth-order valence-electron chi connectivity index (χ4n) is 8.43. The van der Waals surface area contributed by atoms with Gasteiger partial charge in [-0.25, -0.2) is 0 Å². The van der Waals surface area contributed by atoms with E-state index in [0.717, 1.165) is 6.07 Å². The minimum Gasteiger partial charge on any atom is -0.507 e. The second kappa shape index (κ2) is 14.1. The smallest absolute Gasteiger partial charge is 0.202 e. The second-order valence-corrected chi connectivity index (χ2v) is 16.0. The molecule has 1 aliphatic carbocycles. The van der Waals surface area contributed by atoms with Gasteiger partial charge in [-0.3, -0.25) is 14.4 Å². The summed E-state index contributed by atoms with van der Waals surface area (Å²) in [5.74, 6) is -2.24. The molecule has 2 fully saturated rings. The number of ketones is 2. The Hall–Kier alpha value is -3.79. The number of ether oxygens (including phenoxy) is 2. The van der Waals surface area contributed by atoms with Crippen molar-refractivity contribution in [1.82, 2.24) is 9.80 Å². The van der Waals surface area contributed by atoms with Gasteiger partial charge in [-0.1, -0.05) is 12.2 Å². The van der Waals surface area contributed by atoms with Gasteiger partial charge in [-0.05, 0) is 106 Å². The van der Waals surface area contributed by atoms with E-state index in [1.807, 2.05) is 44.9 Å². The van der Waals surface area contributed by atoms with Crippen molar-refractivity contribution >= 4 is 22.5 Å². The van der Waals surface area contributed by atoms with Crippen molar-refractivity contribution < 1.29 is 49.0 Å². The van der Waals surface area contributed by atoms with E-state index < -0.39 is 76.6 Å². The Labute approximate surface area is 314 Å². The quantitative estimate of drug-likeness (QED) is 0.173. The normalized spacial score (nSPS) is 30.6. The zero-order chi connectivity index (χ0) is 39.9. The summed E-state index contributed by atoms with van der Waals surface area (Å²) < 4.78 is 18.9. The largest absolute Gasteiger partial charge is 0.507 e. The van der Waals surface area contributed by atoms with Gasteiger partial charge in [-0.2, -0.15) is 0 Å². The van der Waals surface area contributed by atoms with Gasteiger partial charge in [-0.15, -0.1) is 0 Å². The molecule has 13 nitrogen and oxygen atoms in total. The number of aromatic hydroxyl groups is 1. The van der Waals surface area contributed by atoms with Gasteiger partial charge in [0.25, 0.3) is 0 Å². The lowest BCUT2D eigenvalue weighted by Gasteiger charge is -2.49. The van der Waals surface area contributed by atoms with E-state index in [1.165, 1.54) is 25.1 Å². The third-order valence-electron chi connectivity index (χ3n) is 12.1. The summed E-state index contributed by atoms with van der Waals surface area (Å²) >= 11 is 0. The van der Waals surface area contributed by atoms with Crippen LogP contribution in [0.4, 0.5) is 0 Å². The van der Waals surface area contributed by atoms with Crippen molar-refractivity contribution in [3.8, 4) is 5.75 Å². The summed E-state index contributed by atoms with van der Waals surface area (Å²) in [7, 11) is 7.34. The number of aryl methyl sites for hydroxylation is 1. The van der Waals surface area contributed by atoms with Gasteiger partial charge in [0, 0.05) is 34.3 Å². The number of fused-ring (bicyclic) bond motifs is 4. The Morgan fingerprint density at radius 2 is 1.59 bits per heavy atom. The molecular formula is C41H52N2O11. The molecule has 2 aromatic carbocycles. The molecule has 1 aromatic heterocycles. The van der Waals surface area contributed by atoms with Crippen LogP contribution in [0, 0.1) is 6.92 Å². The maximum atomic E-state index is 15.0. The van der Waals surface area contributed by atoms with E-state index in [0.29, 0.717) is 11.1 Å². The molecule has 10 atom stereocenters. The average molecular weight is 749 g/mol. The number of allylic oxidation sites excluding steroid dienone is 1. The number of carbonyl (C=O) groups excluding carboxylic acids is 2. The standard InChI is InChI=1S/C41H52N2O11/c1-11-12-28(45)41(6,51)29-16-25(44)30-18(2)13-23-32(38(30)54-29)37(49)33-31(36(23)48)21(26-15-24(42(7)8)34(46)19(3)52-26)14-22(35(33)47)27-17-40(5,43(9)10)39(50)20(4)53-27/h11-14,16,19-20,24,26-28,34,39,45-47,50-51H,15,17H2,1-10H3/t19-,20+,24-,26-,27-,28+,34-,39-,40+,41+/m1/s1. The molecule has 292 valence electrons. The number of carbonyl (C=O) groups is 2. The first-order valence-electron chi connectivity index (χ1n) is 18.3. The number of hydrogen-bond donors (Lipinski definition) is 5. The van der Waals surface area contributed by atoms with E-state index in [2.05, 4.69) is 0 Å². The van der Waals surface area contributed by atoms with Gasteiger partial charge in [0.15, 0.2) is 11.2 Å². The highest BCUT2D eigenvalue weighted by Crippen LogP contribution is 2.49. The molecule has 2 aliphatic heterocycles. The summed E-state index contributed by atoms with van der Waals surface area (Å²) in [5, 5.41) is 56.6. The number of likely N-dealkylation sites (N-methyl/N-ethyl adjacent to an activating group) is 2. The van der Waals surface area contributed by atoms with Crippen LogP contribution in [0.25, 0.3) is 11.0 Å². The Morgan fingerprint density at radius 3 is 2.20 bits per heavy atom. The minimum atomic E-state index is -2.10. The van der Waals surface area contributed by atoms with Crippen LogP contribution in [-0.4, -0.2) is 117 Å². The Bertz CT molecular complexity index is 2100. The third kappa shape index (κ3) is 6.15. The summed E-state index contributed by atoms with van der Waals surface area (Å²) in [6, 6.07) is 3.77. The van der Waals surface area contributed by atoms with Crippen LogP contribution in [0.1, 0.15) is 114 Å². The molecule has 54 heavy (non-hydrogen) atoms. The first-order chi connectivity index (χ1) is 25.2. The van der Waals surface area contributed by atoms with Crippen LogP contribution < -0.4 is 5.43 Å². The summed E-state index contributed by atoms with van der Waals surface area (Å²) in [6.07, 6.45) is -2.90. The molecule has 6 rings (SSSR count). The van der Waals surface area contributed by atoms with Crippen LogP contribution in [0.2, 0.25) is 0 Å². The van der Waals surface area contributed by atoms with Crippen molar-refractivity contribution in [3.63, 3.8) is 0 Å². The lowest BCUT2D eigenvalue weighted by Crippen LogP contribution is -2.59. The predicted octanol–water partition coefficient (Wildman–Crippen LogP) is 3.40. The van der Waals surface area contributed by atoms with Crippen LogP contribution in [0.3, 0.4) is 0 Å². The number of benzene rings is 2. The molecule has 3 aliphatic rings. The summed E-state index contributed by atoms with van der Waals surface area (Å²) in [5.41, 5.74) is -3.64. The number of rotatable bonds is 7. The maximum Gasteiger partial charge on any atom is 0.202 e. The molecule has 0 saturated carbocycles. The zero-order valence-corrected chi connectivity index (χ0v) is 32.5. The number of phenols is 1. The molecular weight excluding hydrogens is 696 g/mol. The lowest BCUT2D eigenvalue weighted by molar-refractivity contribution is -0.176. The van der Waals surface area contributed by atoms with E-state index >= 15 is 4.79 Å². The molecule has 0 bridgehead atoms. The SMILES string of the molecule is CC=C[C@H](O)[C@](C)(O)c1cc(=O)c2c(C)cc3c(c2o1)C(=O)c1c(O)c([C@H]2C[C@](C)(N(C)C)[C@H](O)[C@H](C)O2)cc([C@H]2C[C@@H](N(C)C)[C@H](O)[C@@H](C)O2)c1C3=O. The van der Waals surface area contributed by atoms with Crippen molar-refractivity contribution in [2.45, 2.75) is 114 Å². The highest BCUT2D eigenvalue weighted by atomic mass is 16.5. The van der Waals surface area contributed by atoms with Crippen molar-refractivity contribution in [1.29, 1.82) is 0 Å². The number of aliphatic hydroxyl groups is 4. The molecule has 3 aromatic rings. The predicted molar refractivity (Wildman–Crippen MR) is 200 cm³/mol. The van der Waals surface area contributed by atoms with E-state index in [4.69, 9.17) is 13.9 Å². The van der Waals surface area contributed by atoms with Gasteiger partial charge in [0.2, 0.25) is 5.78 Å². The summed E-state index contributed by atoms with van der Waals surface area (Å²) in [4.78, 5) is 47.4. The monoisotopic (exact) mass is 748 g/mol. The number of aliphatic hydroxyl groups excluding tert-OH is 3. The highest BCUT2D eigenvalue weighted by Gasteiger charge is 2.49. The highest BCUT2D eigenvalue weighted by molar-refractivity contribution is 6.33. The molecule has 0 unspecified atom stereocenters. The summed E-state index contributed by atoms with van der Waals surface area (Å²) in [6.45, 7) is 9.87. The Kier molecular flexibility index (Phi) is 10.4. The molecule has 0 spiro atoms. The molecule has 0 radical (unpaired) electrons. The van der Waals surface area contributed by atoms with Crippen LogP contribution in [0.15, 0.2) is 39.6 Å². The maximum absolute atomic E-state index is 15.0. The number of hydrogen-bond acceptors (Lipinski definition) is 13. The lowest BCUT2D eigenvalue weighted by atomic mass is 9.74. The fourth-order valence-corrected chi connectivity index (χ4v) is 8.43. The zero-order valence-electron chi connectivity index (χ0n) is 32.5. The average Bonchev–Trinajstić information content (AvgIpc) is 3.09. The van der Waals surface area contributed by atoms with Crippen molar-refractivity contribution in [2.24, 2.45) is 0 Å². The first-order valence-corrected chi connectivity index (χ1v) is 18.3. The minimum absolute atomic E-state index is 0.00159. The Balaban J connectivity index is 1.64. The fraction of sp³-hybridized carbons (Fsp3) is 0.537. The molecule has 13 heteroatoms. The van der Waals surface area contributed by atoms with Gasteiger partial charge < -0.3 is 49.2 Å². The van der Waals surface area contributed by atoms with E-state index in [-0.39, 0.29) is 63.4 Å². The van der Waals surface area contributed by atoms with Crippen molar-refractivity contribution in [2.75, 3.05) is 28.2 Å². The van der Waals surface area contributed by atoms with Crippen LogP contribution in [-0.2, 0) is 15.1 Å². The molecule has 2 saturated heterocycles. The van der Waals surface area contributed by atoms with Crippen LogP contribution in [0.5, 0.6) is 5.75 Å². The van der Waals surface area contributed by atoms with Crippen molar-refractivity contribution in [3.05, 3.63) is 85.3 Å². The first kappa shape index (κ1) is 39.9. The molecule has 3 heterocycles. The topological polar surface area (TPSA) is 190 Å². The third-order valence-corrected chi connectivity index (χ3v) is 12.1. The number of nitrogens with zero attached hydrogens (tertiary/aromatic N) is 2. The molecule has 5 N–H and O–H groups in total. The van der Waals surface area contributed by atoms with Gasteiger partial charge in [0.1, 0.15) is 28.8 Å². The Morgan fingerprint density at radius 1 is 0.944 bits per heavy atom. The van der Waals surface area contributed by atoms with Crippen LogP contribution >= 0.6 is 0 Å². The van der Waals surface area contributed by atoms with Gasteiger partial charge >= 0.3 is 0 Å².